The lowest BCUT2D eigenvalue weighted by atomic mass is 9.68. The molecular formula is C13H24N2O. The molecule has 1 aliphatic heterocycles. The first-order valence-electron chi connectivity index (χ1n) is 6.61. The normalized spacial score (nSPS) is 30.1. The number of carbonyl (C=O) groups excluding carboxylic acids is 1. The second kappa shape index (κ2) is 4.74. The minimum Gasteiger partial charge on any atom is -0.340 e. The lowest BCUT2D eigenvalue weighted by Gasteiger charge is -2.41. The summed E-state index contributed by atoms with van der Waals surface area (Å²) < 4.78 is 0. The molecule has 1 amide bonds. The third-order valence-electron chi connectivity index (χ3n) is 4.23. The van der Waals surface area contributed by atoms with Gasteiger partial charge in [-0.25, -0.2) is 0 Å². The summed E-state index contributed by atoms with van der Waals surface area (Å²) in [7, 11) is 0. The molecule has 1 unspecified atom stereocenters. The molecule has 0 spiro atoms. The minimum absolute atomic E-state index is 0.209. The molecule has 1 atom stereocenters. The Bertz CT molecular complexity index is 257. The summed E-state index contributed by atoms with van der Waals surface area (Å²) >= 11 is 0. The zero-order valence-electron chi connectivity index (χ0n) is 10.6. The minimum atomic E-state index is 0.209. The zero-order valence-corrected chi connectivity index (χ0v) is 10.6. The first-order valence-corrected chi connectivity index (χ1v) is 6.61. The summed E-state index contributed by atoms with van der Waals surface area (Å²) in [5.41, 5.74) is 0.209. The molecule has 16 heavy (non-hydrogen) atoms. The smallest absolute Gasteiger partial charge is 0.226 e. The largest absolute Gasteiger partial charge is 0.340 e. The van der Waals surface area contributed by atoms with Crippen LogP contribution in [0.25, 0.3) is 0 Å². The summed E-state index contributed by atoms with van der Waals surface area (Å²) in [6.45, 7) is 8.22. The van der Waals surface area contributed by atoms with E-state index in [2.05, 4.69) is 24.1 Å². The van der Waals surface area contributed by atoms with Gasteiger partial charge in [-0.3, -0.25) is 4.79 Å². The van der Waals surface area contributed by atoms with E-state index in [-0.39, 0.29) is 11.3 Å². The van der Waals surface area contributed by atoms with E-state index < -0.39 is 0 Å². The highest BCUT2D eigenvalue weighted by molar-refractivity contribution is 5.79. The fourth-order valence-corrected chi connectivity index (χ4v) is 3.06. The molecule has 2 rings (SSSR count). The van der Waals surface area contributed by atoms with Crippen LogP contribution in [0.2, 0.25) is 0 Å². The maximum absolute atomic E-state index is 12.5. The standard InChI is InChI=1S/C13H24N2O/c1-13(2)6-4-3-5-11(13)12(16)15-9-7-14-8-10-15/h11,14H,3-10H2,1-2H3. The van der Waals surface area contributed by atoms with Crippen LogP contribution in [0.1, 0.15) is 39.5 Å². The average Bonchev–Trinajstić information content (AvgIpc) is 2.29. The van der Waals surface area contributed by atoms with E-state index in [0.717, 1.165) is 32.6 Å². The van der Waals surface area contributed by atoms with Crippen molar-refractivity contribution in [1.82, 2.24) is 10.2 Å². The molecule has 1 heterocycles. The van der Waals surface area contributed by atoms with Crippen molar-refractivity contribution in [2.45, 2.75) is 39.5 Å². The number of nitrogens with one attached hydrogen (secondary N) is 1. The maximum atomic E-state index is 12.5. The zero-order chi connectivity index (χ0) is 11.6. The van der Waals surface area contributed by atoms with Gasteiger partial charge in [0.15, 0.2) is 0 Å². The fraction of sp³-hybridized carbons (Fsp3) is 0.923. The van der Waals surface area contributed by atoms with Gasteiger partial charge < -0.3 is 10.2 Å². The molecule has 1 aliphatic carbocycles. The van der Waals surface area contributed by atoms with Gasteiger partial charge >= 0.3 is 0 Å². The molecule has 3 heteroatoms. The van der Waals surface area contributed by atoms with E-state index in [0.29, 0.717) is 5.91 Å². The molecule has 0 radical (unpaired) electrons. The van der Waals surface area contributed by atoms with Crippen molar-refractivity contribution < 1.29 is 4.79 Å². The lowest BCUT2D eigenvalue weighted by molar-refractivity contribution is -0.141. The SMILES string of the molecule is CC1(C)CCCCC1C(=O)N1CCNCC1. The summed E-state index contributed by atoms with van der Waals surface area (Å²) in [5.74, 6) is 0.672. The number of hydrogen-bond donors (Lipinski definition) is 1. The molecule has 3 nitrogen and oxygen atoms in total. The van der Waals surface area contributed by atoms with Crippen LogP contribution in [-0.4, -0.2) is 37.0 Å². The topological polar surface area (TPSA) is 32.3 Å². The van der Waals surface area contributed by atoms with E-state index in [4.69, 9.17) is 0 Å². The van der Waals surface area contributed by atoms with Gasteiger partial charge in [-0.2, -0.15) is 0 Å². The van der Waals surface area contributed by atoms with Gasteiger partial charge in [0.1, 0.15) is 0 Å². The van der Waals surface area contributed by atoms with Gasteiger partial charge in [0.25, 0.3) is 0 Å². The lowest BCUT2D eigenvalue weighted by Crippen LogP contribution is -2.51. The number of rotatable bonds is 1. The predicted octanol–water partition coefficient (Wildman–Crippen LogP) is 1.63. The third-order valence-corrected chi connectivity index (χ3v) is 4.23. The molecule has 0 bridgehead atoms. The maximum Gasteiger partial charge on any atom is 0.226 e. The Morgan fingerprint density at radius 1 is 1.25 bits per heavy atom. The highest BCUT2D eigenvalue weighted by Gasteiger charge is 2.39. The van der Waals surface area contributed by atoms with Crippen LogP contribution in [0.4, 0.5) is 0 Å². The predicted molar refractivity (Wildman–Crippen MR) is 65.2 cm³/mol. The van der Waals surface area contributed by atoms with Crippen molar-refractivity contribution in [3.05, 3.63) is 0 Å². The summed E-state index contributed by atoms with van der Waals surface area (Å²) in [6, 6.07) is 0. The Morgan fingerprint density at radius 2 is 1.94 bits per heavy atom. The molecular weight excluding hydrogens is 200 g/mol. The van der Waals surface area contributed by atoms with Crippen molar-refractivity contribution in [1.29, 1.82) is 0 Å². The molecule has 0 aromatic carbocycles. The number of amides is 1. The van der Waals surface area contributed by atoms with Gasteiger partial charge in [-0.1, -0.05) is 26.7 Å². The number of carbonyl (C=O) groups is 1. The van der Waals surface area contributed by atoms with Gasteiger partial charge in [0.2, 0.25) is 5.91 Å². The van der Waals surface area contributed by atoms with Crippen molar-refractivity contribution >= 4 is 5.91 Å². The Hall–Kier alpha value is -0.570. The molecule has 1 saturated heterocycles. The van der Waals surface area contributed by atoms with Gasteiger partial charge in [0, 0.05) is 32.1 Å². The Kier molecular flexibility index (Phi) is 3.53. The fourth-order valence-electron chi connectivity index (χ4n) is 3.06. The van der Waals surface area contributed by atoms with E-state index in [1.807, 2.05) is 0 Å². The van der Waals surface area contributed by atoms with Crippen molar-refractivity contribution in [2.24, 2.45) is 11.3 Å². The highest BCUT2D eigenvalue weighted by atomic mass is 16.2. The van der Waals surface area contributed by atoms with Crippen molar-refractivity contribution in [3.8, 4) is 0 Å². The van der Waals surface area contributed by atoms with Crippen LogP contribution in [0.15, 0.2) is 0 Å². The van der Waals surface area contributed by atoms with E-state index in [1.165, 1.54) is 19.3 Å². The monoisotopic (exact) mass is 224 g/mol. The molecule has 92 valence electrons. The molecule has 0 aromatic rings. The number of piperazine rings is 1. The van der Waals surface area contributed by atoms with Crippen LogP contribution in [-0.2, 0) is 4.79 Å². The average molecular weight is 224 g/mol. The first kappa shape index (κ1) is 11.9. The summed E-state index contributed by atoms with van der Waals surface area (Å²) in [4.78, 5) is 14.5. The van der Waals surface area contributed by atoms with Crippen LogP contribution in [0.5, 0.6) is 0 Å². The van der Waals surface area contributed by atoms with Gasteiger partial charge in [-0.05, 0) is 18.3 Å². The molecule has 1 saturated carbocycles. The van der Waals surface area contributed by atoms with E-state index in [1.54, 1.807) is 0 Å². The Labute approximate surface area is 98.6 Å². The van der Waals surface area contributed by atoms with Crippen molar-refractivity contribution in [2.75, 3.05) is 26.2 Å². The highest BCUT2D eigenvalue weighted by Crippen LogP contribution is 2.41. The second-order valence-corrected chi connectivity index (χ2v) is 5.86. The van der Waals surface area contributed by atoms with Crippen molar-refractivity contribution in [3.63, 3.8) is 0 Å². The van der Waals surface area contributed by atoms with E-state index in [9.17, 15) is 4.79 Å². The summed E-state index contributed by atoms with van der Waals surface area (Å²) in [6.07, 6.45) is 4.82. The second-order valence-electron chi connectivity index (χ2n) is 5.86. The van der Waals surface area contributed by atoms with E-state index >= 15 is 0 Å². The molecule has 1 N–H and O–H groups in total. The van der Waals surface area contributed by atoms with Gasteiger partial charge in [0.05, 0.1) is 0 Å². The Balaban J connectivity index is 2.01. The molecule has 2 aliphatic rings. The number of nitrogens with zero attached hydrogens (tertiary/aromatic N) is 1. The molecule has 0 aromatic heterocycles. The van der Waals surface area contributed by atoms with Crippen LogP contribution >= 0.6 is 0 Å². The van der Waals surface area contributed by atoms with Gasteiger partial charge in [-0.15, -0.1) is 0 Å². The third kappa shape index (κ3) is 2.40. The van der Waals surface area contributed by atoms with Crippen LogP contribution < -0.4 is 5.32 Å². The quantitative estimate of drug-likeness (QED) is 0.734. The molecule has 2 fully saturated rings. The first-order chi connectivity index (χ1) is 7.61. The van der Waals surface area contributed by atoms with Crippen LogP contribution in [0.3, 0.4) is 0 Å². The Morgan fingerprint density at radius 3 is 2.56 bits per heavy atom. The van der Waals surface area contributed by atoms with Crippen LogP contribution in [0, 0.1) is 11.3 Å². The number of hydrogen-bond acceptors (Lipinski definition) is 2. The summed E-state index contributed by atoms with van der Waals surface area (Å²) in [5, 5.41) is 3.30.